The molecule has 1 N–H and O–H groups in total. The number of hydrogen-bond donors (Lipinski definition) is 1. The number of amides is 1. The summed E-state index contributed by atoms with van der Waals surface area (Å²) >= 11 is 2.69. The Morgan fingerprint density at radius 1 is 1.35 bits per heavy atom. The molecule has 4 heterocycles. The largest absolute Gasteiger partial charge is 0.351 e. The second-order valence-electron chi connectivity index (χ2n) is 7.39. The van der Waals surface area contributed by atoms with E-state index >= 15 is 0 Å². The highest BCUT2D eigenvalue weighted by Crippen LogP contribution is 2.28. The Labute approximate surface area is 187 Å². The molecule has 1 aliphatic rings. The number of aryl methyl sites for hydroxylation is 1. The summed E-state index contributed by atoms with van der Waals surface area (Å²) in [6, 6.07) is 3.63. The summed E-state index contributed by atoms with van der Waals surface area (Å²) in [5.74, 6) is -0.178. The Kier molecular flexibility index (Phi) is 6.10. The van der Waals surface area contributed by atoms with Crippen LogP contribution in [0.2, 0.25) is 0 Å². The molecule has 1 unspecified atom stereocenters. The smallest absolute Gasteiger partial charge is 0.300 e. The van der Waals surface area contributed by atoms with Gasteiger partial charge >= 0.3 is 5.69 Å². The molecule has 1 saturated heterocycles. The van der Waals surface area contributed by atoms with Crippen LogP contribution in [0.5, 0.6) is 0 Å². The molecule has 1 atom stereocenters. The van der Waals surface area contributed by atoms with Crippen molar-refractivity contribution in [2.45, 2.75) is 32.2 Å². The SMILES string of the molecule is Cc1csc(NC(=O)Cn2nc(C3CCCN(S(C)(=O)=O)C3)n(-c3cccs3)c2=O)n1. The first-order valence-electron chi connectivity index (χ1n) is 9.63. The van der Waals surface area contributed by atoms with Gasteiger partial charge in [-0.2, -0.15) is 5.10 Å². The summed E-state index contributed by atoms with van der Waals surface area (Å²) in [6.45, 7) is 2.28. The van der Waals surface area contributed by atoms with Crippen molar-refractivity contribution in [1.82, 2.24) is 23.6 Å². The molecular weight excluding hydrogens is 460 g/mol. The minimum Gasteiger partial charge on any atom is -0.300 e. The zero-order valence-corrected chi connectivity index (χ0v) is 19.5. The quantitative estimate of drug-likeness (QED) is 0.570. The molecule has 0 bridgehead atoms. The van der Waals surface area contributed by atoms with Crippen molar-refractivity contribution in [3.8, 4) is 5.00 Å². The van der Waals surface area contributed by atoms with Crippen LogP contribution in [0, 0.1) is 6.92 Å². The van der Waals surface area contributed by atoms with E-state index in [4.69, 9.17) is 0 Å². The summed E-state index contributed by atoms with van der Waals surface area (Å²) in [6.07, 6.45) is 2.57. The monoisotopic (exact) mass is 482 g/mol. The minimum atomic E-state index is -3.34. The number of aromatic nitrogens is 4. The number of thiazole rings is 1. The van der Waals surface area contributed by atoms with Crippen molar-refractivity contribution < 1.29 is 13.2 Å². The third-order valence-electron chi connectivity index (χ3n) is 4.97. The number of nitrogens with one attached hydrogen (secondary N) is 1. The maximum absolute atomic E-state index is 13.1. The van der Waals surface area contributed by atoms with Crippen LogP contribution in [0.3, 0.4) is 0 Å². The van der Waals surface area contributed by atoms with Gasteiger partial charge in [0.05, 0.1) is 11.9 Å². The van der Waals surface area contributed by atoms with Crippen LogP contribution in [0.1, 0.15) is 30.3 Å². The molecule has 0 spiro atoms. The van der Waals surface area contributed by atoms with Crippen molar-refractivity contribution >= 4 is 43.7 Å². The maximum atomic E-state index is 13.1. The van der Waals surface area contributed by atoms with E-state index in [2.05, 4.69) is 15.4 Å². The van der Waals surface area contributed by atoms with Gasteiger partial charge in [0, 0.05) is 24.4 Å². The van der Waals surface area contributed by atoms with E-state index in [-0.39, 0.29) is 19.0 Å². The summed E-state index contributed by atoms with van der Waals surface area (Å²) in [7, 11) is -3.34. The Morgan fingerprint density at radius 3 is 2.81 bits per heavy atom. The third kappa shape index (κ3) is 4.79. The fraction of sp³-hybridized carbons (Fsp3) is 0.444. The number of anilines is 1. The first-order chi connectivity index (χ1) is 14.7. The lowest BCUT2D eigenvalue weighted by molar-refractivity contribution is -0.117. The van der Waals surface area contributed by atoms with Crippen LogP contribution >= 0.6 is 22.7 Å². The molecular formula is C18H22N6O4S3. The topological polar surface area (TPSA) is 119 Å². The average molecular weight is 483 g/mol. The predicted octanol–water partition coefficient (Wildman–Crippen LogP) is 1.64. The molecule has 0 saturated carbocycles. The average Bonchev–Trinajstić information content (AvgIpc) is 3.43. The van der Waals surface area contributed by atoms with Gasteiger partial charge in [-0.15, -0.1) is 22.7 Å². The highest BCUT2D eigenvalue weighted by molar-refractivity contribution is 7.88. The summed E-state index contributed by atoms with van der Waals surface area (Å²) < 4.78 is 28.1. The van der Waals surface area contributed by atoms with Crippen molar-refractivity contribution in [1.29, 1.82) is 0 Å². The highest BCUT2D eigenvalue weighted by Gasteiger charge is 2.32. The third-order valence-corrected chi connectivity index (χ3v) is 7.97. The normalized spacial score (nSPS) is 17.7. The van der Waals surface area contributed by atoms with Crippen molar-refractivity contribution in [3.05, 3.63) is 44.9 Å². The van der Waals surface area contributed by atoms with E-state index in [1.807, 2.05) is 23.8 Å². The summed E-state index contributed by atoms with van der Waals surface area (Å²) in [5, 5.41) is 12.0. The zero-order chi connectivity index (χ0) is 22.2. The standard InChI is InChI=1S/C18H22N6O4S3/c1-12-11-30-17(19-12)20-14(25)10-23-18(26)24(15-6-4-8-29-15)16(21-23)13-5-3-7-22(9-13)31(2,27)28/h4,6,8,11,13H,3,5,7,9-10H2,1-2H3,(H,19,20,25). The van der Waals surface area contributed by atoms with E-state index in [0.29, 0.717) is 35.3 Å². The van der Waals surface area contributed by atoms with Gasteiger partial charge in [0.15, 0.2) is 5.13 Å². The fourth-order valence-corrected chi connectivity index (χ4v) is 5.90. The summed E-state index contributed by atoms with van der Waals surface area (Å²) in [4.78, 5) is 29.8. The number of rotatable bonds is 6. The van der Waals surface area contributed by atoms with Gasteiger partial charge in [0.2, 0.25) is 15.9 Å². The van der Waals surface area contributed by atoms with Crippen molar-refractivity contribution in [2.24, 2.45) is 0 Å². The number of carbonyl (C=O) groups excluding carboxylic acids is 1. The number of piperidine rings is 1. The zero-order valence-electron chi connectivity index (χ0n) is 17.0. The molecule has 0 aliphatic carbocycles. The Morgan fingerprint density at radius 2 is 2.16 bits per heavy atom. The molecule has 3 aromatic rings. The van der Waals surface area contributed by atoms with Crippen LogP contribution < -0.4 is 11.0 Å². The van der Waals surface area contributed by atoms with Gasteiger partial charge in [-0.1, -0.05) is 0 Å². The van der Waals surface area contributed by atoms with E-state index in [1.165, 1.54) is 37.8 Å². The summed E-state index contributed by atoms with van der Waals surface area (Å²) in [5.41, 5.74) is 0.369. The van der Waals surface area contributed by atoms with E-state index in [9.17, 15) is 18.0 Å². The Balaban J connectivity index is 1.65. The highest BCUT2D eigenvalue weighted by atomic mass is 32.2. The first kappa shape index (κ1) is 21.9. The molecule has 0 aromatic carbocycles. The number of carbonyl (C=O) groups is 1. The Hall–Kier alpha value is -2.35. The van der Waals surface area contributed by atoms with Gasteiger partial charge < -0.3 is 5.32 Å². The lowest BCUT2D eigenvalue weighted by Crippen LogP contribution is -2.39. The van der Waals surface area contributed by atoms with Gasteiger partial charge in [0.25, 0.3) is 0 Å². The second kappa shape index (κ2) is 8.65. The number of nitrogens with zero attached hydrogens (tertiary/aromatic N) is 5. The fourth-order valence-electron chi connectivity index (χ4n) is 3.56. The molecule has 1 fully saturated rings. The molecule has 10 nitrogen and oxygen atoms in total. The lowest BCUT2D eigenvalue weighted by atomic mass is 9.99. The van der Waals surface area contributed by atoms with Crippen molar-refractivity contribution in [3.63, 3.8) is 0 Å². The molecule has 0 radical (unpaired) electrons. The number of sulfonamides is 1. The second-order valence-corrected chi connectivity index (χ2v) is 11.2. The molecule has 3 aromatic heterocycles. The van der Waals surface area contributed by atoms with Crippen LogP contribution in [-0.2, 0) is 21.4 Å². The van der Waals surface area contributed by atoms with E-state index in [0.717, 1.165) is 10.4 Å². The van der Waals surface area contributed by atoms with Crippen LogP contribution in [0.15, 0.2) is 27.7 Å². The Bertz CT molecular complexity index is 1240. The van der Waals surface area contributed by atoms with Crippen LogP contribution in [-0.4, -0.2) is 57.3 Å². The van der Waals surface area contributed by atoms with Gasteiger partial charge in [-0.25, -0.2) is 31.8 Å². The van der Waals surface area contributed by atoms with E-state index in [1.54, 1.807) is 6.07 Å². The molecule has 1 amide bonds. The van der Waals surface area contributed by atoms with Crippen LogP contribution in [0.4, 0.5) is 5.13 Å². The van der Waals surface area contributed by atoms with E-state index < -0.39 is 21.6 Å². The minimum absolute atomic E-state index is 0.246. The predicted molar refractivity (Wildman–Crippen MR) is 120 cm³/mol. The number of hydrogen-bond acceptors (Lipinski definition) is 8. The molecule has 31 heavy (non-hydrogen) atoms. The van der Waals surface area contributed by atoms with Crippen LogP contribution in [0.25, 0.3) is 5.00 Å². The lowest BCUT2D eigenvalue weighted by Gasteiger charge is -2.30. The molecule has 166 valence electrons. The van der Waals surface area contributed by atoms with Gasteiger partial charge in [0.1, 0.15) is 17.4 Å². The molecule has 13 heteroatoms. The van der Waals surface area contributed by atoms with Gasteiger partial charge in [-0.3, -0.25) is 4.79 Å². The molecule has 4 rings (SSSR count). The maximum Gasteiger partial charge on any atom is 0.351 e. The molecule has 1 aliphatic heterocycles. The van der Waals surface area contributed by atoms with Gasteiger partial charge in [-0.05, 0) is 37.3 Å². The number of thiophene rings is 1. The van der Waals surface area contributed by atoms with Crippen molar-refractivity contribution in [2.75, 3.05) is 24.7 Å². The first-order valence-corrected chi connectivity index (χ1v) is 13.2.